The molecule has 5 aromatic rings. The number of rotatable bonds is 29. The standard InChI is InChI=1S/C35H45NO3.C27H35NO3/c1-5-26(2)25-39-24-6-23-36-35(38)33-21-19-32(20-22-33)34(37)31(17-15-29-11-7-27(3)8-12-29)18-16-30-13-9-28(4)10-14-30;1-5-20(2)19-31-18-6-17-28-27(30)25-15-13-24(14-16-25)26(29)22(4)9-12-23-10-7-21(3)8-11-23/h7-14,19-22,26,31H,5-6,15-18,23-25H2,1-4H3,(H,36,38);7-8,10-11,13-16,20H,4-6,9,12,17-19H2,1-3H3,(H,28,30). The summed E-state index contributed by atoms with van der Waals surface area (Å²) in [4.78, 5) is 51.1. The van der Waals surface area contributed by atoms with Crippen LogP contribution in [-0.4, -0.2) is 62.9 Å². The predicted octanol–water partition coefficient (Wildman–Crippen LogP) is 13.1. The zero-order chi connectivity index (χ0) is 50.7. The molecule has 0 aliphatic carbocycles. The summed E-state index contributed by atoms with van der Waals surface area (Å²) in [5.74, 6) is 0.866. The molecule has 0 spiro atoms. The van der Waals surface area contributed by atoms with Gasteiger partial charge in [0, 0.05) is 67.7 Å². The SMILES string of the molecule is C=C(CCc1ccc(C)cc1)C(=O)c1ccc(C(=O)NCCCOCC(C)CC)cc1.CCC(C)COCCCNC(=O)c1ccc(C(=O)C(CCc2ccc(C)cc2)CCc2ccc(C)cc2)cc1. The van der Waals surface area contributed by atoms with Crippen molar-refractivity contribution < 1.29 is 28.7 Å². The van der Waals surface area contributed by atoms with Crippen molar-refractivity contribution in [2.75, 3.05) is 39.5 Å². The van der Waals surface area contributed by atoms with Crippen LogP contribution in [0.1, 0.15) is 147 Å². The van der Waals surface area contributed by atoms with Gasteiger partial charge in [0.25, 0.3) is 11.8 Å². The summed E-state index contributed by atoms with van der Waals surface area (Å²) >= 11 is 0. The van der Waals surface area contributed by atoms with E-state index in [4.69, 9.17) is 9.47 Å². The summed E-state index contributed by atoms with van der Waals surface area (Å²) in [6.45, 7) is 22.8. The van der Waals surface area contributed by atoms with E-state index in [1.54, 1.807) is 48.5 Å². The Hall–Kier alpha value is -5.96. The van der Waals surface area contributed by atoms with Crippen molar-refractivity contribution in [3.8, 4) is 0 Å². The van der Waals surface area contributed by atoms with E-state index >= 15 is 0 Å². The number of ketones is 2. The number of hydrogen-bond acceptors (Lipinski definition) is 6. The number of benzene rings is 5. The maximum Gasteiger partial charge on any atom is 0.251 e. The molecule has 2 amide bonds. The number of aryl methyl sites for hydroxylation is 6. The second kappa shape index (κ2) is 31.3. The molecule has 5 rings (SSSR count). The van der Waals surface area contributed by atoms with Crippen molar-refractivity contribution >= 4 is 23.4 Å². The van der Waals surface area contributed by atoms with Crippen LogP contribution in [0, 0.1) is 38.5 Å². The number of hydrogen-bond donors (Lipinski definition) is 2. The van der Waals surface area contributed by atoms with E-state index in [0.29, 0.717) is 72.4 Å². The van der Waals surface area contributed by atoms with Crippen LogP contribution in [0.3, 0.4) is 0 Å². The molecule has 2 unspecified atom stereocenters. The van der Waals surface area contributed by atoms with Crippen LogP contribution in [0.25, 0.3) is 0 Å². The highest BCUT2D eigenvalue weighted by molar-refractivity contribution is 6.08. The van der Waals surface area contributed by atoms with Gasteiger partial charge in [0.2, 0.25) is 0 Å². The number of ether oxygens (including phenoxy) is 2. The van der Waals surface area contributed by atoms with E-state index in [2.05, 4.69) is 138 Å². The van der Waals surface area contributed by atoms with Gasteiger partial charge in [-0.05, 0) is 131 Å². The molecule has 8 heteroatoms. The highest BCUT2D eigenvalue weighted by Crippen LogP contribution is 2.23. The molecule has 2 atom stereocenters. The molecule has 0 heterocycles. The van der Waals surface area contributed by atoms with Crippen LogP contribution >= 0.6 is 0 Å². The van der Waals surface area contributed by atoms with Crippen molar-refractivity contribution in [1.82, 2.24) is 10.6 Å². The fraction of sp³-hybridized carbons (Fsp3) is 0.419. The molecule has 0 fully saturated rings. The molecule has 0 aliphatic heterocycles. The Morgan fingerprint density at radius 2 is 0.857 bits per heavy atom. The van der Waals surface area contributed by atoms with E-state index in [-0.39, 0.29) is 29.3 Å². The third-order valence-electron chi connectivity index (χ3n) is 12.9. The normalized spacial score (nSPS) is 11.8. The topological polar surface area (TPSA) is 111 Å². The molecule has 8 nitrogen and oxygen atoms in total. The second-order valence-electron chi connectivity index (χ2n) is 19.1. The van der Waals surface area contributed by atoms with Crippen LogP contribution in [0.5, 0.6) is 0 Å². The molecular formula is C62H80N2O6. The van der Waals surface area contributed by atoms with E-state index in [0.717, 1.165) is 71.0 Å². The lowest BCUT2D eigenvalue weighted by Crippen LogP contribution is -2.25. The lowest BCUT2D eigenvalue weighted by atomic mass is 9.86. The molecule has 0 aliphatic rings. The van der Waals surface area contributed by atoms with Crippen molar-refractivity contribution in [2.24, 2.45) is 17.8 Å². The Morgan fingerprint density at radius 1 is 0.500 bits per heavy atom. The molecule has 5 aromatic carbocycles. The highest BCUT2D eigenvalue weighted by atomic mass is 16.5. The number of allylic oxidation sites excluding steroid dienone is 1. The van der Waals surface area contributed by atoms with Crippen molar-refractivity contribution in [3.05, 3.63) is 189 Å². The number of carbonyl (C=O) groups is 4. The first-order chi connectivity index (χ1) is 33.8. The average Bonchev–Trinajstić information content (AvgIpc) is 3.38. The van der Waals surface area contributed by atoms with Crippen LogP contribution in [0.4, 0.5) is 0 Å². The summed E-state index contributed by atoms with van der Waals surface area (Å²) in [7, 11) is 0. The van der Waals surface area contributed by atoms with Crippen LogP contribution in [-0.2, 0) is 28.7 Å². The van der Waals surface area contributed by atoms with Gasteiger partial charge in [0.15, 0.2) is 11.6 Å². The molecule has 374 valence electrons. The van der Waals surface area contributed by atoms with Crippen LogP contribution in [0.2, 0.25) is 0 Å². The molecule has 2 N–H and O–H groups in total. The first-order valence-corrected chi connectivity index (χ1v) is 25.6. The first kappa shape index (κ1) is 56.6. The molecule has 0 saturated heterocycles. The lowest BCUT2D eigenvalue weighted by Gasteiger charge is -2.17. The Bertz CT molecular complexity index is 2290. The minimum absolute atomic E-state index is 0.0717. The van der Waals surface area contributed by atoms with Gasteiger partial charge in [-0.1, -0.05) is 161 Å². The lowest BCUT2D eigenvalue weighted by molar-refractivity contribution is 0.0898. The fourth-order valence-electron chi connectivity index (χ4n) is 7.52. The zero-order valence-corrected chi connectivity index (χ0v) is 43.2. The van der Waals surface area contributed by atoms with Gasteiger partial charge in [0.05, 0.1) is 0 Å². The van der Waals surface area contributed by atoms with Gasteiger partial charge >= 0.3 is 0 Å². The maximum atomic E-state index is 13.6. The smallest absolute Gasteiger partial charge is 0.251 e. The first-order valence-electron chi connectivity index (χ1n) is 25.6. The number of Topliss-reactive ketones (excluding diaryl/α,β-unsaturated/α-hetero) is 2. The Balaban J connectivity index is 0.000000313. The van der Waals surface area contributed by atoms with Crippen LogP contribution < -0.4 is 10.6 Å². The molecule has 0 radical (unpaired) electrons. The van der Waals surface area contributed by atoms with Crippen LogP contribution in [0.15, 0.2) is 133 Å². The van der Waals surface area contributed by atoms with E-state index < -0.39 is 0 Å². The number of carbonyl (C=O) groups excluding carboxylic acids is 4. The Morgan fingerprint density at radius 3 is 1.24 bits per heavy atom. The van der Waals surface area contributed by atoms with Gasteiger partial charge in [-0.3, -0.25) is 19.2 Å². The third-order valence-corrected chi connectivity index (χ3v) is 12.9. The summed E-state index contributed by atoms with van der Waals surface area (Å²) in [6, 6.07) is 39.3. The predicted molar refractivity (Wildman–Crippen MR) is 287 cm³/mol. The number of nitrogens with one attached hydrogen (secondary N) is 2. The average molecular weight is 949 g/mol. The quantitative estimate of drug-likeness (QED) is 0.0281. The van der Waals surface area contributed by atoms with Gasteiger partial charge < -0.3 is 20.1 Å². The zero-order valence-electron chi connectivity index (χ0n) is 43.2. The van der Waals surface area contributed by atoms with E-state index in [1.807, 2.05) is 0 Å². The van der Waals surface area contributed by atoms with E-state index in [9.17, 15) is 19.2 Å². The number of amides is 2. The maximum absolute atomic E-state index is 13.6. The van der Waals surface area contributed by atoms with Gasteiger partial charge in [-0.2, -0.15) is 0 Å². The highest BCUT2D eigenvalue weighted by Gasteiger charge is 2.21. The second-order valence-corrected chi connectivity index (χ2v) is 19.1. The van der Waals surface area contributed by atoms with Gasteiger partial charge in [-0.25, -0.2) is 0 Å². The monoisotopic (exact) mass is 949 g/mol. The molecular weight excluding hydrogens is 869 g/mol. The fourth-order valence-corrected chi connectivity index (χ4v) is 7.52. The summed E-state index contributed by atoms with van der Waals surface area (Å²) in [6.07, 6.45) is 8.50. The molecule has 0 bridgehead atoms. The Kier molecular flexibility index (Phi) is 25.3. The summed E-state index contributed by atoms with van der Waals surface area (Å²) in [5, 5.41) is 5.85. The molecule has 0 saturated carbocycles. The van der Waals surface area contributed by atoms with Gasteiger partial charge in [-0.15, -0.1) is 0 Å². The van der Waals surface area contributed by atoms with Crippen molar-refractivity contribution in [2.45, 2.75) is 113 Å². The summed E-state index contributed by atoms with van der Waals surface area (Å²) in [5.41, 5.74) is 10.3. The largest absolute Gasteiger partial charge is 0.381 e. The van der Waals surface area contributed by atoms with E-state index in [1.165, 1.54) is 33.4 Å². The molecule has 70 heavy (non-hydrogen) atoms. The Labute approximate surface area is 420 Å². The minimum Gasteiger partial charge on any atom is -0.381 e. The van der Waals surface area contributed by atoms with Gasteiger partial charge in [0.1, 0.15) is 0 Å². The minimum atomic E-state index is -0.140. The summed E-state index contributed by atoms with van der Waals surface area (Å²) < 4.78 is 11.3. The van der Waals surface area contributed by atoms with Crippen molar-refractivity contribution in [3.63, 3.8) is 0 Å². The third kappa shape index (κ3) is 21.0. The van der Waals surface area contributed by atoms with Crippen molar-refractivity contribution in [1.29, 1.82) is 0 Å². The molecule has 0 aromatic heterocycles.